The Morgan fingerprint density at radius 3 is 2.86 bits per heavy atom. The molecule has 0 bridgehead atoms. The van der Waals surface area contributed by atoms with Crippen molar-refractivity contribution in [1.29, 1.82) is 0 Å². The van der Waals surface area contributed by atoms with Crippen molar-refractivity contribution >= 4 is 27.5 Å². The lowest BCUT2D eigenvalue weighted by Crippen LogP contribution is -2.31. The Labute approximate surface area is 133 Å². The third kappa shape index (κ3) is 3.00. The predicted octanol–water partition coefficient (Wildman–Crippen LogP) is 1.68. The molecule has 8 heteroatoms. The van der Waals surface area contributed by atoms with Crippen LogP contribution in [0, 0.1) is 5.92 Å². The van der Waals surface area contributed by atoms with Gasteiger partial charge in [-0.3, -0.25) is 9.48 Å². The summed E-state index contributed by atoms with van der Waals surface area (Å²) in [6.45, 7) is 0. The van der Waals surface area contributed by atoms with Crippen molar-refractivity contribution in [3.05, 3.63) is 47.2 Å². The number of nitrogens with zero attached hydrogens (tertiary/aromatic N) is 2. The van der Waals surface area contributed by atoms with Crippen LogP contribution in [0.15, 0.2) is 41.6 Å². The summed E-state index contributed by atoms with van der Waals surface area (Å²) >= 11 is 5.93. The molecule has 0 spiro atoms. The molecule has 1 aliphatic carbocycles. The number of aromatic nitrogens is 2. The van der Waals surface area contributed by atoms with E-state index < -0.39 is 15.9 Å². The van der Waals surface area contributed by atoms with Gasteiger partial charge in [0.25, 0.3) is 10.0 Å². The lowest BCUT2D eigenvalue weighted by atomic mass is 10.1. The monoisotopic (exact) mass is 339 g/mol. The second kappa shape index (κ2) is 5.40. The average molecular weight is 340 g/mol. The van der Waals surface area contributed by atoms with E-state index in [1.165, 1.54) is 17.1 Å². The van der Waals surface area contributed by atoms with Gasteiger partial charge in [-0.15, -0.1) is 0 Å². The first-order valence-electron chi connectivity index (χ1n) is 6.67. The molecule has 0 unspecified atom stereocenters. The molecule has 1 aliphatic rings. The van der Waals surface area contributed by atoms with Gasteiger partial charge in [0.2, 0.25) is 5.91 Å². The lowest BCUT2D eigenvalue weighted by Gasteiger charge is -2.05. The van der Waals surface area contributed by atoms with Crippen LogP contribution in [0.4, 0.5) is 0 Å². The molecule has 1 amide bonds. The van der Waals surface area contributed by atoms with Gasteiger partial charge in [-0.2, -0.15) is 5.10 Å². The number of halogens is 1. The van der Waals surface area contributed by atoms with Crippen LogP contribution in [-0.2, 0) is 21.9 Å². The second-order valence-electron chi connectivity index (χ2n) is 5.32. The summed E-state index contributed by atoms with van der Waals surface area (Å²) in [6, 6.07) is 7.27. The average Bonchev–Trinajstić information content (AvgIpc) is 3.13. The smallest absolute Gasteiger partial charge is 0.267 e. The zero-order valence-corrected chi connectivity index (χ0v) is 13.3. The van der Waals surface area contributed by atoms with E-state index in [0.717, 1.165) is 5.56 Å². The summed E-state index contributed by atoms with van der Waals surface area (Å²) in [7, 11) is -2.26. The molecule has 0 aliphatic heterocycles. The van der Waals surface area contributed by atoms with Gasteiger partial charge >= 0.3 is 0 Å². The molecule has 0 radical (unpaired) electrons. The van der Waals surface area contributed by atoms with Gasteiger partial charge in [-0.25, -0.2) is 13.1 Å². The number of hydrogen-bond acceptors (Lipinski definition) is 4. The SMILES string of the molecule is Cn1cc(S(=O)(=O)NC(=O)[C@H]2C[C@H]2c2cccc(Cl)c2)cn1. The molecule has 22 heavy (non-hydrogen) atoms. The number of carbonyl (C=O) groups excluding carboxylic acids is 1. The van der Waals surface area contributed by atoms with E-state index in [0.29, 0.717) is 11.4 Å². The van der Waals surface area contributed by atoms with E-state index in [4.69, 9.17) is 11.6 Å². The van der Waals surface area contributed by atoms with Crippen molar-refractivity contribution in [1.82, 2.24) is 14.5 Å². The molecule has 1 aromatic carbocycles. The summed E-state index contributed by atoms with van der Waals surface area (Å²) in [5.41, 5.74) is 0.950. The van der Waals surface area contributed by atoms with Gasteiger partial charge in [0.15, 0.2) is 0 Å². The van der Waals surface area contributed by atoms with Crippen LogP contribution < -0.4 is 4.72 Å². The predicted molar refractivity (Wildman–Crippen MR) is 80.8 cm³/mol. The fraction of sp³-hybridized carbons (Fsp3) is 0.286. The molecule has 2 aromatic rings. The largest absolute Gasteiger partial charge is 0.274 e. The van der Waals surface area contributed by atoms with Gasteiger partial charge in [0, 0.05) is 24.2 Å². The van der Waals surface area contributed by atoms with Crippen molar-refractivity contribution < 1.29 is 13.2 Å². The molecular formula is C14H14ClN3O3S. The number of nitrogens with one attached hydrogen (secondary N) is 1. The summed E-state index contributed by atoms with van der Waals surface area (Å²) in [6.07, 6.45) is 3.17. The molecule has 1 aromatic heterocycles. The molecule has 0 saturated heterocycles. The standard InChI is InChI=1S/C14H14ClN3O3S/c1-18-8-11(7-16-18)22(20,21)17-14(19)13-6-12(13)9-3-2-4-10(15)5-9/h2-5,7-8,12-13H,6H2,1H3,(H,17,19)/t12-,13-/m0/s1. The van der Waals surface area contributed by atoms with Crippen LogP contribution in [0.3, 0.4) is 0 Å². The Hall–Kier alpha value is -1.86. The molecular weight excluding hydrogens is 326 g/mol. The molecule has 6 nitrogen and oxygen atoms in total. The number of sulfonamides is 1. The van der Waals surface area contributed by atoms with Gasteiger partial charge in [0.1, 0.15) is 4.90 Å². The summed E-state index contributed by atoms with van der Waals surface area (Å²) < 4.78 is 27.6. The number of amides is 1. The molecule has 1 heterocycles. The Morgan fingerprint density at radius 2 is 2.23 bits per heavy atom. The number of hydrogen-bond donors (Lipinski definition) is 1. The highest BCUT2D eigenvalue weighted by Gasteiger charge is 2.45. The fourth-order valence-electron chi connectivity index (χ4n) is 2.39. The van der Waals surface area contributed by atoms with Crippen molar-refractivity contribution in [2.75, 3.05) is 0 Å². The van der Waals surface area contributed by atoms with Crippen molar-refractivity contribution in [2.45, 2.75) is 17.2 Å². The normalized spacial score (nSPS) is 20.6. The third-order valence-corrected chi connectivity index (χ3v) is 5.17. The topological polar surface area (TPSA) is 81.1 Å². The minimum Gasteiger partial charge on any atom is -0.274 e. The van der Waals surface area contributed by atoms with E-state index in [2.05, 4.69) is 9.82 Å². The molecule has 1 fully saturated rings. The van der Waals surface area contributed by atoms with Crippen LogP contribution in [0.5, 0.6) is 0 Å². The number of rotatable bonds is 4. The Morgan fingerprint density at radius 1 is 1.45 bits per heavy atom. The zero-order valence-electron chi connectivity index (χ0n) is 11.7. The van der Waals surface area contributed by atoms with Crippen LogP contribution in [0.25, 0.3) is 0 Å². The second-order valence-corrected chi connectivity index (χ2v) is 7.44. The van der Waals surface area contributed by atoms with Crippen LogP contribution in [0.1, 0.15) is 17.9 Å². The van der Waals surface area contributed by atoms with Gasteiger partial charge in [-0.05, 0) is 30.0 Å². The minimum atomic E-state index is -3.87. The number of benzene rings is 1. The van der Waals surface area contributed by atoms with Crippen molar-refractivity contribution in [3.8, 4) is 0 Å². The van der Waals surface area contributed by atoms with Gasteiger partial charge < -0.3 is 0 Å². The molecule has 2 atom stereocenters. The molecule has 1 N–H and O–H groups in total. The first kappa shape index (κ1) is 15.1. The third-order valence-electron chi connectivity index (χ3n) is 3.63. The highest BCUT2D eigenvalue weighted by Crippen LogP contribution is 2.48. The van der Waals surface area contributed by atoms with Crippen LogP contribution in [-0.4, -0.2) is 24.1 Å². The molecule has 3 rings (SSSR count). The zero-order chi connectivity index (χ0) is 15.9. The van der Waals surface area contributed by atoms with E-state index >= 15 is 0 Å². The highest BCUT2D eigenvalue weighted by atomic mass is 35.5. The Bertz CT molecular complexity index is 831. The molecule has 1 saturated carbocycles. The van der Waals surface area contributed by atoms with E-state index in [9.17, 15) is 13.2 Å². The first-order chi connectivity index (χ1) is 10.4. The van der Waals surface area contributed by atoms with Crippen LogP contribution in [0.2, 0.25) is 5.02 Å². The lowest BCUT2D eigenvalue weighted by molar-refractivity contribution is -0.120. The summed E-state index contributed by atoms with van der Waals surface area (Å²) in [5.74, 6) is -0.818. The van der Waals surface area contributed by atoms with E-state index in [1.54, 1.807) is 19.2 Å². The Balaban J connectivity index is 1.69. The Kier molecular flexibility index (Phi) is 3.70. The van der Waals surface area contributed by atoms with Gasteiger partial charge in [0.05, 0.1) is 6.20 Å². The molecule has 116 valence electrons. The first-order valence-corrected chi connectivity index (χ1v) is 8.54. The van der Waals surface area contributed by atoms with Crippen molar-refractivity contribution in [2.24, 2.45) is 13.0 Å². The van der Waals surface area contributed by atoms with Crippen LogP contribution >= 0.6 is 11.6 Å². The minimum absolute atomic E-state index is 0.0165. The fourth-order valence-corrected chi connectivity index (χ4v) is 3.61. The number of carbonyl (C=O) groups is 1. The quantitative estimate of drug-likeness (QED) is 0.919. The number of aryl methyl sites for hydroxylation is 1. The maximum atomic E-state index is 12.1. The maximum Gasteiger partial charge on any atom is 0.267 e. The van der Waals surface area contributed by atoms with E-state index in [1.807, 2.05) is 12.1 Å². The van der Waals surface area contributed by atoms with Crippen molar-refractivity contribution in [3.63, 3.8) is 0 Å². The summed E-state index contributed by atoms with van der Waals surface area (Å²) in [4.78, 5) is 12.1. The summed E-state index contributed by atoms with van der Waals surface area (Å²) in [5, 5.41) is 4.40. The highest BCUT2D eigenvalue weighted by molar-refractivity contribution is 7.90. The maximum absolute atomic E-state index is 12.1. The van der Waals surface area contributed by atoms with Gasteiger partial charge in [-0.1, -0.05) is 23.7 Å². The van der Waals surface area contributed by atoms with E-state index in [-0.39, 0.29) is 16.7 Å².